The van der Waals surface area contributed by atoms with E-state index < -0.39 is 21.8 Å². The third kappa shape index (κ3) is 2120. The first kappa shape index (κ1) is 16.8. The summed E-state index contributed by atoms with van der Waals surface area (Å²) >= 11 is -2.61. The Morgan fingerprint density at radius 1 is 1.10 bits per heavy atom. The molecule has 4 N–H and O–H groups in total. The summed E-state index contributed by atoms with van der Waals surface area (Å²) in [6.07, 6.45) is 0. The first-order valence-electron chi connectivity index (χ1n) is 1.23. The summed E-state index contributed by atoms with van der Waals surface area (Å²) in [5.41, 5.74) is 0. The number of rotatable bonds is 0. The van der Waals surface area contributed by atoms with Crippen LogP contribution in [0.5, 0.6) is 0 Å². The van der Waals surface area contributed by atoms with Crippen molar-refractivity contribution in [1.82, 2.24) is 0 Å². The van der Waals surface area contributed by atoms with Crippen molar-refractivity contribution in [2.45, 2.75) is 0 Å². The molecular weight excluding hydrogens is 203 g/mol. The smallest absolute Gasteiger partial charge is 0.284 e. The fourth-order valence-electron chi connectivity index (χ4n) is 0. The first-order chi connectivity index (χ1) is 3.73. The van der Waals surface area contributed by atoms with Crippen molar-refractivity contribution in [3.05, 3.63) is 0 Å². The zero-order valence-electron chi connectivity index (χ0n) is 3.83. The van der Waals surface area contributed by atoms with Crippen LogP contribution in [0.2, 0.25) is 0 Å². The molecule has 64 valence electrons. The Kier molecular flexibility index (Phi) is 12.8. The molecule has 0 heterocycles. The third-order valence-electron chi connectivity index (χ3n) is 0. The molecule has 0 aliphatic rings. The van der Waals surface area contributed by atoms with E-state index in [0.29, 0.717) is 0 Å². The molecular formula is H7AlO7S2. The second-order valence-corrected chi connectivity index (χ2v) is 2.04. The molecule has 0 saturated carbocycles. The lowest BCUT2D eigenvalue weighted by atomic mass is 15.8. The van der Waals surface area contributed by atoms with Crippen molar-refractivity contribution >= 4 is 39.1 Å². The average molecular weight is 210 g/mol. The van der Waals surface area contributed by atoms with E-state index in [4.69, 9.17) is 30.8 Å². The van der Waals surface area contributed by atoms with Gasteiger partial charge in [0.15, 0.2) is 17.4 Å². The van der Waals surface area contributed by atoms with Crippen LogP contribution < -0.4 is 0 Å². The molecule has 0 atom stereocenters. The molecule has 0 fully saturated rings. The summed E-state index contributed by atoms with van der Waals surface area (Å²) in [5.74, 6) is 0. The summed E-state index contributed by atoms with van der Waals surface area (Å²) in [6, 6.07) is 0. The van der Waals surface area contributed by atoms with Gasteiger partial charge in [-0.3, -0.25) is 18.2 Å². The summed E-state index contributed by atoms with van der Waals surface area (Å²) < 4.78 is 54.4. The minimum atomic E-state index is -4.67. The van der Waals surface area contributed by atoms with Gasteiger partial charge in [-0.1, -0.05) is 0 Å². The Morgan fingerprint density at radius 3 is 1.10 bits per heavy atom. The maximum Gasteiger partial charge on any atom is 0.394 e. The van der Waals surface area contributed by atoms with E-state index in [-0.39, 0.29) is 17.4 Å². The van der Waals surface area contributed by atoms with Crippen LogP contribution in [0, 0.1) is 0 Å². The highest BCUT2D eigenvalue weighted by molar-refractivity contribution is 7.79. The molecule has 0 spiro atoms. The first-order valence-corrected chi connectivity index (χ1v) is 3.69. The standard InChI is InChI=1S/Al.H2O4S.H2O3S.3H/c;1-5(2,3)4;1-4(2)3;;;/h;(H2,1,2,3,4);(H2,1,2,3);;;. The van der Waals surface area contributed by atoms with Crippen molar-refractivity contribution in [2.75, 3.05) is 0 Å². The lowest BCUT2D eigenvalue weighted by Crippen LogP contribution is -1.89. The largest absolute Gasteiger partial charge is 0.394 e. The summed E-state index contributed by atoms with van der Waals surface area (Å²) in [6.45, 7) is 0. The van der Waals surface area contributed by atoms with Crippen LogP contribution in [-0.2, 0) is 21.8 Å². The van der Waals surface area contributed by atoms with Crippen LogP contribution in [0.25, 0.3) is 0 Å². The molecule has 0 bridgehead atoms. The molecule has 0 aromatic rings. The van der Waals surface area contributed by atoms with Gasteiger partial charge in [-0.15, -0.1) is 0 Å². The minimum absolute atomic E-state index is 0. The topological polar surface area (TPSA) is 132 Å². The quantitative estimate of drug-likeness (QED) is 0.203. The Balaban J connectivity index is -0.0000000910. The highest BCUT2D eigenvalue weighted by atomic mass is 32.3. The van der Waals surface area contributed by atoms with Gasteiger partial charge in [-0.2, -0.15) is 12.6 Å². The van der Waals surface area contributed by atoms with Crippen LogP contribution in [-0.4, -0.2) is 48.2 Å². The second-order valence-electron chi connectivity index (χ2n) is 0.679. The van der Waals surface area contributed by atoms with E-state index in [9.17, 15) is 0 Å². The summed E-state index contributed by atoms with van der Waals surface area (Å²) in [4.78, 5) is 0. The van der Waals surface area contributed by atoms with Gasteiger partial charge >= 0.3 is 10.4 Å². The molecule has 0 aliphatic carbocycles. The zero-order chi connectivity index (χ0) is 8.08. The van der Waals surface area contributed by atoms with Gasteiger partial charge in [0, 0.05) is 0 Å². The van der Waals surface area contributed by atoms with Crippen molar-refractivity contribution in [3.63, 3.8) is 0 Å². The molecule has 7 nitrogen and oxygen atoms in total. The molecule has 0 saturated heterocycles. The fourth-order valence-corrected chi connectivity index (χ4v) is 0. The van der Waals surface area contributed by atoms with Crippen LogP contribution in [0.1, 0.15) is 0 Å². The molecule has 0 aliphatic heterocycles. The summed E-state index contributed by atoms with van der Waals surface area (Å²) in [5, 5.41) is 0. The Hall–Kier alpha value is 0.472. The number of hydrogen-bond donors (Lipinski definition) is 4. The minimum Gasteiger partial charge on any atom is -0.284 e. The Bertz CT molecular complexity index is 154. The van der Waals surface area contributed by atoms with E-state index in [2.05, 4.69) is 0 Å². The molecule has 0 amide bonds. The van der Waals surface area contributed by atoms with Gasteiger partial charge in [0.25, 0.3) is 11.4 Å². The van der Waals surface area contributed by atoms with Crippen molar-refractivity contribution < 1.29 is 30.8 Å². The molecule has 0 aromatic carbocycles. The van der Waals surface area contributed by atoms with Gasteiger partial charge in [-0.25, -0.2) is 0 Å². The van der Waals surface area contributed by atoms with Gasteiger partial charge in [-0.05, 0) is 0 Å². The number of hydrogen-bond acceptors (Lipinski definition) is 3. The van der Waals surface area contributed by atoms with Gasteiger partial charge in [0.05, 0.1) is 0 Å². The molecule has 0 unspecified atom stereocenters. The third-order valence-corrected chi connectivity index (χ3v) is 0. The summed E-state index contributed by atoms with van der Waals surface area (Å²) in [7, 11) is -4.67. The van der Waals surface area contributed by atoms with Crippen LogP contribution in [0.3, 0.4) is 0 Å². The monoisotopic (exact) mass is 210 g/mol. The molecule has 0 aromatic heterocycles. The zero-order valence-corrected chi connectivity index (χ0v) is 5.46. The van der Waals surface area contributed by atoms with E-state index in [1.54, 1.807) is 0 Å². The van der Waals surface area contributed by atoms with E-state index in [1.165, 1.54) is 0 Å². The van der Waals surface area contributed by atoms with E-state index in [1.807, 2.05) is 0 Å². The lowest BCUT2D eigenvalue weighted by molar-refractivity contribution is 0.381. The van der Waals surface area contributed by atoms with E-state index >= 15 is 0 Å². The maximum absolute atomic E-state index is 8.74. The molecule has 0 radical (unpaired) electrons. The maximum atomic E-state index is 8.74. The molecule has 0 rings (SSSR count). The van der Waals surface area contributed by atoms with Gasteiger partial charge in [0.2, 0.25) is 0 Å². The predicted octanol–water partition coefficient (Wildman–Crippen LogP) is -2.16. The van der Waals surface area contributed by atoms with E-state index in [0.717, 1.165) is 0 Å². The van der Waals surface area contributed by atoms with Gasteiger partial charge < -0.3 is 0 Å². The van der Waals surface area contributed by atoms with Crippen LogP contribution in [0.15, 0.2) is 0 Å². The Morgan fingerprint density at radius 2 is 1.10 bits per heavy atom. The van der Waals surface area contributed by atoms with Crippen LogP contribution in [0.4, 0.5) is 0 Å². The normalized spacial score (nSPS) is 9.30. The van der Waals surface area contributed by atoms with Gasteiger partial charge in [0.1, 0.15) is 0 Å². The van der Waals surface area contributed by atoms with Crippen LogP contribution >= 0.6 is 0 Å². The Labute approximate surface area is 70.3 Å². The van der Waals surface area contributed by atoms with Crippen molar-refractivity contribution in [2.24, 2.45) is 0 Å². The lowest BCUT2D eigenvalue weighted by Gasteiger charge is -1.68. The molecule has 10 heteroatoms. The second kappa shape index (κ2) is 7.58. The predicted molar refractivity (Wildman–Crippen MR) is 37.5 cm³/mol. The molecule has 10 heavy (non-hydrogen) atoms. The van der Waals surface area contributed by atoms with Crippen molar-refractivity contribution in [3.8, 4) is 0 Å². The SMILES string of the molecule is O=S(=O)(O)O.O=S(O)O.[AlH3]. The van der Waals surface area contributed by atoms with Crippen molar-refractivity contribution in [1.29, 1.82) is 0 Å². The average Bonchev–Trinajstić information content (AvgIpc) is 1.19. The highest BCUT2D eigenvalue weighted by Gasteiger charge is 1.84. The highest BCUT2D eigenvalue weighted by Crippen LogP contribution is 1.59. The fraction of sp³-hybridized carbons (Fsp3) is 0.